The Kier molecular flexibility index (Phi) is 4.70. The standard InChI is InChI=1S/C19H17F5N4/c1-11-25-12-4-2-3-5-13(12)28(11)10-26-6-8-27(9-7-26)19-17(23)15(21)14(20)16(22)18(19)24/h2-5H,6-10H2,1H3. The zero-order valence-corrected chi connectivity index (χ0v) is 15.0. The molecule has 1 saturated heterocycles. The summed E-state index contributed by atoms with van der Waals surface area (Å²) in [6.45, 7) is 3.52. The van der Waals surface area contributed by atoms with Gasteiger partial charge in [-0.25, -0.2) is 26.9 Å². The van der Waals surface area contributed by atoms with Crippen molar-refractivity contribution in [2.45, 2.75) is 13.6 Å². The highest BCUT2D eigenvalue weighted by Crippen LogP contribution is 2.31. The molecule has 9 heteroatoms. The normalized spacial score (nSPS) is 15.6. The number of fused-ring (bicyclic) bond motifs is 1. The van der Waals surface area contributed by atoms with Gasteiger partial charge in [-0.3, -0.25) is 4.90 Å². The van der Waals surface area contributed by atoms with Gasteiger partial charge in [-0.15, -0.1) is 0 Å². The number of benzene rings is 2. The first-order valence-electron chi connectivity index (χ1n) is 8.79. The smallest absolute Gasteiger partial charge is 0.200 e. The van der Waals surface area contributed by atoms with E-state index in [9.17, 15) is 22.0 Å². The molecule has 2 heterocycles. The second kappa shape index (κ2) is 7.05. The highest BCUT2D eigenvalue weighted by Gasteiger charge is 2.30. The Labute approximate surface area is 157 Å². The van der Waals surface area contributed by atoms with Crippen molar-refractivity contribution in [1.82, 2.24) is 14.5 Å². The van der Waals surface area contributed by atoms with Crippen LogP contribution in [0.4, 0.5) is 27.6 Å². The van der Waals surface area contributed by atoms with Crippen LogP contribution in [0.1, 0.15) is 5.82 Å². The lowest BCUT2D eigenvalue weighted by molar-refractivity contribution is 0.206. The summed E-state index contributed by atoms with van der Waals surface area (Å²) >= 11 is 0. The summed E-state index contributed by atoms with van der Waals surface area (Å²) in [7, 11) is 0. The van der Waals surface area contributed by atoms with Crippen molar-refractivity contribution in [3.63, 3.8) is 0 Å². The Morgan fingerprint density at radius 2 is 1.39 bits per heavy atom. The average molecular weight is 396 g/mol. The van der Waals surface area contributed by atoms with Gasteiger partial charge in [-0.05, 0) is 19.1 Å². The van der Waals surface area contributed by atoms with Crippen LogP contribution in [0.15, 0.2) is 24.3 Å². The van der Waals surface area contributed by atoms with E-state index in [2.05, 4.69) is 4.98 Å². The van der Waals surface area contributed by atoms with Crippen LogP contribution >= 0.6 is 0 Å². The molecule has 0 aliphatic carbocycles. The van der Waals surface area contributed by atoms with Gasteiger partial charge in [0, 0.05) is 26.2 Å². The number of para-hydroxylation sites is 2. The van der Waals surface area contributed by atoms with Gasteiger partial charge in [-0.1, -0.05) is 12.1 Å². The fourth-order valence-electron chi connectivity index (χ4n) is 3.56. The molecule has 3 aromatic rings. The van der Waals surface area contributed by atoms with E-state index in [1.165, 1.54) is 4.90 Å². The van der Waals surface area contributed by atoms with Crippen molar-refractivity contribution >= 4 is 16.7 Å². The van der Waals surface area contributed by atoms with Crippen LogP contribution in [0.3, 0.4) is 0 Å². The van der Waals surface area contributed by atoms with Gasteiger partial charge in [0.25, 0.3) is 0 Å². The summed E-state index contributed by atoms with van der Waals surface area (Å²) in [5.74, 6) is -8.72. The maximum absolute atomic E-state index is 14.0. The molecule has 4 rings (SSSR count). The summed E-state index contributed by atoms with van der Waals surface area (Å²) in [6, 6.07) is 7.70. The van der Waals surface area contributed by atoms with Gasteiger partial charge in [-0.2, -0.15) is 0 Å². The summed E-state index contributed by atoms with van der Waals surface area (Å²) in [6.07, 6.45) is 0. The van der Waals surface area contributed by atoms with Crippen LogP contribution in [-0.4, -0.2) is 40.6 Å². The molecule has 0 radical (unpaired) electrons. The number of hydrogen-bond donors (Lipinski definition) is 0. The number of aromatic nitrogens is 2. The lowest BCUT2D eigenvalue weighted by atomic mass is 10.2. The Morgan fingerprint density at radius 1 is 0.821 bits per heavy atom. The molecule has 4 nitrogen and oxygen atoms in total. The average Bonchev–Trinajstić information content (AvgIpc) is 3.01. The van der Waals surface area contributed by atoms with E-state index in [1.807, 2.05) is 40.7 Å². The Balaban J connectivity index is 1.52. The highest BCUT2D eigenvalue weighted by atomic mass is 19.2. The second-order valence-electron chi connectivity index (χ2n) is 6.74. The first-order chi connectivity index (χ1) is 13.4. The summed E-state index contributed by atoms with van der Waals surface area (Å²) in [5, 5.41) is 0. The molecule has 2 aromatic carbocycles. The van der Waals surface area contributed by atoms with E-state index in [0.717, 1.165) is 16.9 Å². The molecule has 0 unspecified atom stereocenters. The number of nitrogens with zero attached hydrogens (tertiary/aromatic N) is 4. The van der Waals surface area contributed by atoms with Crippen LogP contribution in [0, 0.1) is 36.0 Å². The zero-order chi connectivity index (χ0) is 20.0. The third-order valence-corrected chi connectivity index (χ3v) is 5.06. The fraction of sp³-hybridized carbons (Fsp3) is 0.316. The van der Waals surface area contributed by atoms with Crippen molar-refractivity contribution in [2.24, 2.45) is 0 Å². The third-order valence-electron chi connectivity index (χ3n) is 5.06. The van der Waals surface area contributed by atoms with Crippen LogP contribution < -0.4 is 4.90 Å². The molecule has 148 valence electrons. The molecule has 1 aliphatic rings. The molecule has 0 bridgehead atoms. The van der Waals surface area contributed by atoms with Gasteiger partial charge in [0.1, 0.15) is 11.5 Å². The van der Waals surface area contributed by atoms with Gasteiger partial charge < -0.3 is 9.47 Å². The molecule has 0 saturated carbocycles. The van der Waals surface area contributed by atoms with Crippen LogP contribution in [0.2, 0.25) is 0 Å². The van der Waals surface area contributed by atoms with Crippen molar-refractivity contribution in [2.75, 3.05) is 31.1 Å². The van der Waals surface area contributed by atoms with Crippen molar-refractivity contribution in [3.8, 4) is 0 Å². The van der Waals surface area contributed by atoms with Crippen molar-refractivity contribution in [3.05, 3.63) is 59.2 Å². The monoisotopic (exact) mass is 396 g/mol. The lowest BCUT2D eigenvalue weighted by Crippen LogP contribution is -2.47. The molecule has 1 aromatic heterocycles. The number of hydrogen-bond acceptors (Lipinski definition) is 3. The number of aryl methyl sites for hydroxylation is 1. The van der Waals surface area contributed by atoms with E-state index in [0.29, 0.717) is 19.8 Å². The van der Waals surface area contributed by atoms with Gasteiger partial charge in [0.05, 0.1) is 17.7 Å². The minimum Gasteiger partial charge on any atom is -0.364 e. The Hall–Kier alpha value is -2.68. The topological polar surface area (TPSA) is 24.3 Å². The summed E-state index contributed by atoms with van der Waals surface area (Å²) < 4.78 is 70.3. The molecule has 0 atom stereocenters. The van der Waals surface area contributed by atoms with E-state index in [4.69, 9.17) is 0 Å². The minimum absolute atomic E-state index is 0.143. The number of anilines is 1. The molecule has 0 amide bonds. The first-order valence-corrected chi connectivity index (χ1v) is 8.79. The lowest BCUT2D eigenvalue weighted by Gasteiger charge is -2.36. The summed E-state index contributed by atoms with van der Waals surface area (Å²) in [4.78, 5) is 7.75. The maximum Gasteiger partial charge on any atom is 0.200 e. The van der Waals surface area contributed by atoms with Gasteiger partial charge in [0.15, 0.2) is 23.3 Å². The fourth-order valence-corrected chi connectivity index (χ4v) is 3.56. The van der Waals surface area contributed by atoms with E-state index >= 15 is 0 Å². The SMILES string of the molecule is Cc1nc2ccccc2n1CN1CCN(c2c(F)c(F)c(F)c(F)c2F)CC1. The van der Waals surface area contributed by atoms with E-state index in [-0.39, 0.29) is 13.1 Å². The molecular formula is C19H17F5N4. The third kappa shape index (κ3) is 2.99. The van der Waals surface area contributed by atoms with Crippen LogP contribution in [0.25, 0.3) is 11.0 Å². The number of piperazine rings is 1. The van der Waals surface area contributed by atoms with Crippen molar-refractivity contribution in [1.29, 1.82) is 0 Å². The first kappa shape index (κ1) is 18.7. The van der Waals surface area contributed by atoms with E-state index < -0.39 is 34.8 Å². The largest absolute Gasteiger partial charge is 0.364 e. The zero-order valence-electron chi connectivity index (χ0n) is 15.0. The summed E-state index contributed by atoms with van der Waals surface area (Å²) in [5.41, 5.74) is 0.988. The van der Waals surface area contributed by atoms with Crippen LogP contribution in [-0.2, 0) is 6.67 Å². The molecule has 28 heavy (non-hydrogen) atoms. The molecule has 0 spiro atoms. The molecular weight excluding hydrogens is 379 g/mol. The molecule has 0 N–H and O–H groups in total. The minimum atomic E-state index is -2.14. The number of imidazole rings is 1. The van der Waals surface area contributed by atoms with E-state index in [1.54, 1.807) is 0 Å². The predicted octanol–water partition coefficient (Wildman–Crippen LogP) is 3.82. The quantitative estimate of drug-likeness (QED) is 0.382. The number of halogens is 5. The number of rotatable bonds is 3. The second-order valence-corrected chi connectivity index (χ2v) is 6.74. The predicted molar refractivity (Wildman–Crippen MR) is 94.5 cm³/mol. The van der Waals surface area contributed by atoms with Crippen molar-refractivity contribution < 1.29 is 22.0 Å². The molecule has 1 fully saturated rings. The Bertz CT molecular complexity index is 1010. The maximum atomic E-state index is 14.0. The highest BCUT2D eigenvalue weighted by molar-refractivity contribution is 5.75. The van der Waals surface area contributed by atoms with Crippen LogP contribution in [0.5, 0.6) is 0 Å². The van der Waals surface area contributed by atoms with Gasteiger partial charge in [0.2, 0.25) is 5.82 Å². The van der Waals surface area contributed by atoms with Gasteiger partial charge >= 0.3 is 0 Å². The molecule has 1 aliphatic heterocycles. The Morgan fingerprint density at radius 3 is 2.04 bits per heavy atom.